The van der Waals surface area contributed by atoms with Crippen LogP contribution in [0, 0.1) is 0 Å². The molecule has 62 heavy (non-hydrogen) atoms. The lowest BCUT2D eigenvalue weighted by Crippen LogP contribution is -2.47. The maximum Gasteiger partial charge on any atom is 0.429 e. The molecule has 2 saturated heterocycles. The van der Waals surface area contributed by atoms with E-state index in [4.69, 9.17) is 42.1 Å². The number of hydrazine groups is 2. The van der Waals surface area contributed by atoms with E-state index in [-0.39, 0.29) is 25.7 Å². The Labute approximate surface area is 372 Å². The average molecular weight is 891 g/mol. The van der Waals surface area contributed by atoms with Crippen molar-refractivity contribution in [2.45, 2.75) is 78.8 Å². The molecule has 2 aliphatic rings. The molecule has 1 N–H and O–H groups in total. The molecule has 0 unspecified atom stereocenters. The van der Waals surface area contributed by atoms with Gasteiger partial charge in [-0.15, -0.1) is 0 Å². The van der Waals surface area contributed by atoms with E-state index in [1.54, 1.807) is 103 Å². The zero-order valence-electron chi connectivity index (χ0n) is 35.8. The molecule has 0 radical (unpaired) electrons. The summed E-state index contributed by atoms with van der Waals surface area (Å²) in [6.45, 7) is 13.2. The van der Waals surface area contributed by atoms with Gasteiger partial charge in [-0.1, -0.05) is 59.6 Å². The van der Waals surface area contributed by atoms with Crippen LogP contribution in [0.1, 0.15) is 86.2 Å². The molecular weight excluding hydrogens is 837 g/mol. The van der Waals surface area contributed by atoms with Crippen LogP contribution >= 0.6 is 23.2 Å². The quantitative estimate of drug-likeness (QED) is 0.120. The van der Waals surface area contributed by atoms with Crippen molar-refractivity contribution >= 4 is 64.6 Å². The van der Waals surface area contributed by atoms with E-state index in [1.807, 2.05) is 56.1 Å². The van der Waals surface area contributed by atoms with Crippen molar-refractivity contribution in [1.29, 1.82) is 0 Å². The predicted molar refractivity (Wildman–Crippen MR) is 237 cm³/mol. The number of esters is 2. The van der Waals surface area contributed by atoms with Crippen LogP contribution in [0.25, 0.3) is 0 Å². The molecule has 0 spiro atoms. The lowest BCUT2D eigenvalue weighted by molar-refractivity contribution is -0.129. The molecule has 0 saturated carbocycles. The normalized spacial score (nSPS) is 13.8. The summed E-state index contributed by atoms with van der Waals surface area (Å²) in [5.74, 6) is -1.18. The largest absolute Gasteiger partial charge is 0.457 e. The number of nitrogens with one attached hydrogen (secondary N) is 1. The number of halogens is 2. The number of amides is 3. The van der Waals surface area contributed by atoms with Crippen LogP contribution in [0.4, 0.5) is 21.0 Å². The number of benzene rings is 4. The molecule has 2 fully saturated rings. The summed E-state index contributed by atoms with van der Waals surface area (Å²) in [7, 11) is 0. The van der Waals surface area contributed by atoms with E-state index in [1.165, 1.54) is 0 Å². The Balaban J connectivity index is 0.000000236. The van der Waals surface area contributed by atoms with Crippen LogP contribution in [0.5, 0.6) is 0 Å². The van der Waals surface area contributed by atoms with E-state index < -0.39 is 35.3 Å². The number of anilines is 2. The van der Waals surface area contributed by atoms with E-state index in [0.717, 1.165) is 29.7 Å². The predicted octanol–water partition coefficient (Wildman–Crippen LogP) is 9.23. The molecule has 6 rings (SSSR count). The second-order valence-electron chi connectivity index (χ2n) is 16.4. The highest BCUT2D eigenvalue weighted by Crippen LogP contribution is 2.26. The molecule has 4 aromatic rings. The lowest BCUT2D eigenvalue weighted by atomic mass is 10.2. The molecule has 3 amide bonds. The van der Waals surface area contributed by atoms with Crippen molar-refractivity contribution < 1.29 is 42.9 Å². The number of ether oxygens (including phenoxy) is 4. The molecule has 4 aromatic carbocycles. The van der Waals surface area contributed by atoms with Gasteiger partial charge in [-0.2, -0.15) is 0 Å². The van der Waals surface area contributed by atoms with Crippen molar-refractivity contribution in [3.8, 4) is 0 Å². The standard InChI is InChI=1S/C24H28ClN3O5.C22H25ClN2O4/c1-24(2,3)33-23(31)26-15-21(29)28-12-6-11-27(28)20-10-5-8-18(14-20)22(30)32-16-17-7-4-9-19(25)13-17;1-22(2,3)29-21(27)25-12-6-11-24(25)19-10-5-8-17(14-19)20(26)28-15-16-7-4-9-18(23)13-16/h4-5,7-10,13-14H,6,11-12,15-16H2,1-3H3,(H,26,31);4-5,7-10,13-14H,6,11-12,15H2,1-3H3. The van der Waals surface area contributed by atoms with Crippen LogP contribution in [-0.4, -0.2) is 84.0 Å². The summed E-state index contributed by atoms with van der Waals surface area (Å²) >= 11 is 11.9. The van der Waals surface area contributed by atoms with Gasteiger partial charge in [0.1, 0.15) is 31.0 Å². The Morgan fingerprint density at radius 1 is 0.581 bits per heavy atom. The molecule has 0 aromatic heterocycles. The topological polar surface area (TPSA) is 147 Å². The summed E-state index contributed by atoms with van der Waals surface area (Å²) in [6.07, 6.45) is 0.541. The smallest absolute Gasteiger partial charge is 0.429 e. The molecule has 2 heterocycles. The van der Waals surface area contributed by atoms with E-state index in [0.29, 0.717) is 53.0 Å². The van der Waals surface area contributed by atoms with Crippen LogP contribution in [0.2, 0.25) is 10.0 Å². The Hall–Kier alpha value is -5.99. The number of rotatable bonds is 10. The number of carbonyl (C=O) groups is 5. The van der Waals surface area contributed by atoms with Crippen molar-refractivity contribution in [3.05, 3.63) is 129 Å². The van der Waals surface area contributed by atoms with Gasteiger partial charge in [-0.05, 0) is 126 Å². The van der Waals surface area contributed by atoms with Crippen molar-refractivity contribution in [2.24, 2.45) is 0 Å². The molecule has 16 heteroatoms. The molecule has 0 bridgehead atoms. The number of hydrogen-bond acceptors (Lipinski definition) is 11. The number of alkyl carbamates (subject to hydrolysis) is 1. The second kappa shape index (κ2) is 21.2. The molecule has 2 aliphatic heterocycles. The third-order valence-corrected chi connectivity index (χ3v) is 9.49. The van der Waals surface area contributed by atoms with Crippen molar-refractivity contribution in [3.63, 3.8) is 0 Å². The van der Waals surface area contributed by atoms with Gasteiger partial charge in [0.2, 0.25) is 0 Å². The summed E-state index contributed by atoms with van der Waals surface area (Å²) in [6, 6.07) is 28.3. The van der Waals surface area contributed by atoms with E-state index in [9.17, 15) is 24.0 Å². The Morgan fingerprint density at radius 2 is 1.03 bits per heavy atom. The summed E-state index contributed by atoms with van der Waals surface area (Å²) < 4.78 is 21.5. The summed E-state index contributed by atoms with van der Waals surface area (Å²) in [5, 5.41) is 10.4. The fourth-order valence-corrected chi connectivity index (χ4v) is 6.81. The maximum absolute atomic E-state index is 12.7. The first kappa shape index (κ1) is 47.1. The van der Waals surface area contributed by atoms with Gasteiger partial charge in [0.05, 0.1) is 22.5 Å². The average Bonchev–Trinajstić information content (AvgIpc) is 3.92. The van der Waals surface area contributed by atoms with Gasteiger partial charge >= 0.3 is 24.1 Å². The van der Waals surface area contributed by atoms with E-state index >= 15 is 0 Å². The number of hydrogen-bond donors (Lipinski definition) is 1. The van der Waals surface area contributed by atoms with Crippen LogP contribution in [0.3, 0.4) is 0 Å². The molecule has 14 nitrogen and oxygen atoms in total. The lowest BCUT2D eigenvalue weighted by Gasteiger charge is -2.31. The molecular formula is C46H53Cl2N5O9. The first-order chi connectivity index (χ1) is 29.3. The number of carbonyl (C=O) groups excluding carboxylic acids is 5. The summed E-state index contributed by atoms with van der Waals surface area (Å²) in [5.41, 5.74) is 2.62. The van der Waals surface area contributed by atoms with Crippen molar-refractivity contribution in [2.75, 3.05) is 42.7 Å². The highest BCUT2D eigenvalue weighted by atomic mass is 35.5. The number of nitrogens with zero attached hydrogens (tertiary/aromatic N) is 4. The third-order valence-electron chi connectivity index (χ3n) is 9.02. The first-order valence-corrected chi connectivity index (χ1v) is 21.0. The molecule has 0 atom stereocenters. The van der Waals surface area contributed by atoms with Crippen LogP contribution in [-0.2, 0) is 37.0 Å². The Morgan fingerprint density at radius 3 is 1.50 bits per heavy atom. The molecule has 0 aliphatic carbocycles. The summed E-state index contributed by atoms with van der Waals surface area (Å²) in [4.78, 5) is 62.1. The minimum Gasteiger partial charge on any atom is -0.457 e. The molecule has 330 valence electrons. The second-order valence-corrected chi connectivity index (χ2v) is 17.3. The fraction of sp³-hybridized carbons (Fsp3) is 0.370. The van der Waals surface area contributed by atoms with Gasteiger partial charge in [0, 0.05) is 36.2 Å². The SMILES string of the molecule is CC(C)(C)OC(=O)N1CCCN1c1cccc(C(=O)OCc2cccc(Cl)c2)c1.CC(C)(C)OC(=O)NCC(=O)N1CCCN1c1cccc(C(=O)OCc2cccc(Cl)c2)c1. The van der Waals surface area contributed by atoms with E-state index in [2.05, 4.69) is 5.32 Å². The van der Waals surface area contributed by atoms with Crippen molar-refractivity contribution in [1.82, 2.24) is 15.3 Å². The van der Waals surface area contributed by atoms with Crippen LogP contribution in [0.15, 0.2) is 97.1 Å². The van der Waals surface area contributed by atoms with Gasteiger partial charge < -0.3 is 24.3 Å². The highest BCUT2D eigenvalue weighted by molar-refractivity contribution is 6.30. The van der Waals surface area contributed by atoms with Gasteiger partial charge in [0.25, 0.3) is 5.91 Å². The van der Waals surface area contributed by atoms with Gasteiger partial charge in [-0.25, -0.2) is 24.2 Å². The Kier molecular flexibility index (Phi) is 16.1. The maximum atomic E-state index is 12.7. The van der Waals surface area contributed by atoms with Gasteiger partial charge in [0.15, 0.2) is 0 Å². The zero-order valence-corrected chi connectivity index (χ0v) is 37.3. The minimum atomic E-state index is -0.647. The minimum absolute atomic E-state index is 0.105. The van der Waals surface area contributed by atoms with Gasteiger partial charge in [-0.3, -0.25) is 19.8 Å². The zero-order chi connectivity index (χ0) is 45.0. The fourth-order valence-electron chi connectivity index (χ4n) is 6.38. The highest BCUT2D eigenvalue weighted by Gasteiger charge is 2.32. The Bertz CT molecular complexity index is 2230. The third kappa shape index (κ3) is 14.3. The first-order valence-electron chi connectivity index (χ1n) is 20.2. The monoisotopic (exact) mass is 889 g/mol. The van der Waals surface area contributed by atoms with Crippen LogP contribution < -0.4 is 15.3 Å².